The second kappa shape index (κ2) is 5.17. The highest BCUT2D eigenvalue weighted by atomic mass is 19.4. The van der Waals surface area contributed by atoms with Crippen molar-refractivity contribution in [2.75, 3.05) is 26.0 Å². The van der Waals surface area contributed by atoms with Crippen molar-refractivity contribution in [1.82, 2.24) is 14.7 Å². The van der Waals surface area contributed by atoms with Crippen LogP contribution in [-0.2, 0) is 11.3 Å². The molecule has 1 heterocycles. The molecule has 0 atom stereocenters. The molecule has 0 aromatic carbocycles. The second-order valence-corrected chi connectivity index (χ2v) is 3.75. The van der Waals surface area contributed by atoms with E-state index in [2.05, 4.69) is 5.10 Å². The van der Waals surface area contributed by atoms with E-state index in [9.17, 15) is 18.0 Å². The van der Waals surface area contributed by atoms with Gasteiger partial charge in [-0.1, -0.05) is 0 Å². The third-order valence-corrected chi connectivity index (χ3v) is 1.92. The molecule has 0 radical (unpaired) electrons. The summed E-state index contributed by atoms with van der Waals surface area (Å²) in [7, 11) is 3.74. The minimum Gasteiger partial charge on any atom is -0.316 e. The second-order valence-electron chi connectivity index (χ2n) is 3.75. The molecule has 1 N–H and O–H groups in total. The van der Waals surface area contributed by atoms with Crippen molar-refractivity contribution in [2.45, 2.75) is 12.7 Å². The predicted molar refractivity (Wildman–Crippen MR) is 55.5 cm³/mol. The van der Waals surface area contributed by atoms with Gasteiger partial charge in [0.15, 0.2) is 0 Å². The Morgan fingerprint density at radius 3 is 2.71 bits per heavy atom. The summed E-state index contributed by atoms with van der Waals surface area (Å²) in [6, 6.07) is 0. The van der Waals surface area contributed by atoms with Crippen LogP contribution in [0.25, 0.3) is 0 Å². The van der Waals surface area contributed by atoms with Gasteiger partial charge in [-0.05, 0) is 14.1 Å². The lowest BCUT2D eigenvalue weighted by Gasteiger charge is -2.08. The van der Waals surface area contributed by atoms with Crippen molar-refractivity contribution in [2.24, 2.45) is 0 Å². The number of nitrogens with one attached hydrogen (secondary N) is 1. The van der Waals surface area contributed by atoms with Crippen molar-refractivity contribution >= 4 is 11.6 Å². The number of nitrogens with zero attached hydrogens (tertiary/aromatic N) is 3. The summed E-state index contributed by atoms with van der Waals surface area (Å²) in [6.07, 6.45) is -2.35. The van der Waals surface area contributed by atoms with Gasteiger partial charge in [0.2, 0.25) is 0 Å². The summed E-state index contributed by atoms with van der Waals surface area (Å²) < 4.78 is 37.3. The fourth-order valence-corrected chi connectivity index (χ4v) is 1.05. The molecular formula is C9H13F3N4O. The summed E-state index contributed by atoms with van der Waals surface area (Å²) in [5.41, 5.74) is 0.0334. The smallest absolute Gasteiger partial charge is 0.316 e. The molecule has 0 aliphatic heterocycles. The molecule has 0 fully saturated rings. The van der Waals surface area contributed by atoms with Gasteiger partial charge < -0.3 is 10.2 Å². The van der Waals surface area contributed by atoms with Crippen LogP contribution in [-0.4, -0.2) is 47.4 Å². The monoisotopic (exact) mass is 250 g/mol. The van der Waals surface area contributed by atoms with Crippen molar-refractivity contribution in [3.8, 4) is 0 Å². The first-order chi connectivity index (χ1) is 7.79. The first-order valence-electron chi connectivity index (χ1n) is 4.84. The third-order valence-electron chi connectivity index (χ3n) is 1.92. The van der Waals surface area contributed by atoms with Crippen LogP contribution in [0.3, 0.4) is 0 Å². The zero-order valence-electron chi connectivity index (χ0n) is 9.45. The molecule has 1 amide bonds. The summed E-state index contributed by atoms with van der Waals surface area (Å²) >= 11 is 0. The van der Waals surface area contributed by atoms with Crippen LogP contribution in [0.4, 0.5) is 18.9 Å². The van der Waals surface area contributed by atoms with Gasteiger partial charge in [-0.2, -0.15) is 18.3 Å². The number of aromatic nitrogens is 2. The van der Waals surface area contributed by atoms with Gasteiger partial charge in [-0.15, -0.1) is 0 Å². The minimum atomic E-state index is -4.88. The maximum absolute atomic E-state index is 11.9. The number of hydrogen-bond donors (Lipinski definition) is 1. The molecule has 1 aromatic rings. The van der Waals surface area contributed by atoms with Crippen molar-refractivity contribution in [1.29, 1.82) is 0 Å². The van der Waals surface area contributed by atoms with E-state index in [1.54, 1.807) is 5.32 Å². The molecule has 0 spiro atoms. The van der Waals surface area contributed by atoms with Gasteiger partial charge in [0.25, 0.3) is 0 Å². The number of amides is 1. The fraction of sp³-hybridized carbons (Fsp3) is 0.556. The number of rotatable bonds is 4. The Morgan fingerprint density at radius 2 is 2.18 bits per heavy atom. The Bertz CT molecular complexity index is 386. The maximum Gasteiger partial charge on any atom is 0.471 e. The zero-order chi connectivity index (χ0) is 13.1. The van der Waals surface area contributed by atoms with Gasteiger partial charge in [-0.25, -0.2) is 0 Å². The molecule has 0 bridgehead atoms. The number of anilines is 1. The topological polar surface area (TPSA) is 50.2 Å². The van der Waals surface area contributed by atoms with Crippen LogP contribution in [0.2, 0.25) is 0 Å². The lowest BCUT2D eigenvalue weighted by atomic mass is 10.5. The van der Waals surface area contributed by atoms with Crippen molar-refractivity contribution < 1.29 is 18.0 Å². The number of halogens is 3. The van der Waals surface area contributed by atoms with E-state index in [-0.39, 0.29) is 5.69 Å². The van der Waals surface area contributed by atoms with Crippen LogP contribution < -0.4 is 5.32 Å². The van der Waals surface area contributed by atoms with Gasteiger partial charge in [0.05, 0.1) is 18.4 Å². The van der Waals surface area contributed by atoms with E-state index < -0.39 is 12.1 Å². The first kappa shape index (κ1) is 13.5. The average Bonchev–Trinajstić information content (AvgIpc) is 2.61. The fourth-order valence-electron chi connectivity index (χ4n) is 1.05. The van der Waals surface area contributed by atoms with E-state index in [1.807, 2.05) is 19.0 Å². The van der Waals surface area contributed by atoms with Crippen LogP contribution in [0.1, 0.15) is 0 Å². The quantitative estimate of drug-likeness (QED) is 0.865. The average molecular weight is 250 g/mol. The highest BCUT2D eigenvalue weighted by Crippen LogP contribution is 2.17. The molecule has 17 heavy (non-hydrogen) atoms. The Balaban J connectivity index is 2.54. The molecule has 0 aliphatic rings. The molecule has 1 aromatic heterocycles. The zero-order valence-corrected chi connectivity index (χ0v) is 9.45. The number of carbonyl (C=O) groups excluding carboxylic acids is 1. The summed E-state index contributed by atoms with van der Waals surface area (Å²) in [5.74, 6) is -2.00. The van der Waals surface area contributed by atoms with Gasteiger partial charge in [0.1, 0.15) is 0 Å². The molecule has 0 saturated carbocycles. The largest absolute Gasteiger partial charge is 0.471 e. The van der Waals surface area contributed by atoms with E-state index in [0.29, 0.717) is 13.1 Å². The van der Waals surface area contributed by atoms with Crippen LogP contribution in [0.5, 0.6) is 0 Å². The molecule has 0 unspecified atom stereocenters. The van der Waals surface area contributed by atoms with Crippen LogP contribution in [0, 0.1) is 0 Å². The lowest BCUT2D eigenvalue weighted by Crippen LogP contribution is -2.29. The Kier molecular flexibility index (Phi) is 4.11. The Labute approximate surface area is 96.2 Å². The van der Waals surface area contributed by atoms with Crippen molar-refractivity contribution in [3.05, 3.63) is 12.4 Å². The minimum absolute atomic E-state index is 0.0334. The van der Waals surface area contributed by atoms with E-state index in [0.717, 1.165) is 0 Å². The van der Waals surface area contributed by atoms with Crippen molar-refractivity contribution in [3.63, 3.8) is 0 Å². The molecule has 5 nitrogen and oxygen atoms in total. The predicted octanol–water partition coefficient (Wildman–Crippen LogP) is 0.945. The van der Waals surface area contributed by atoms with E-state index in [1.165, 1.54) is 17.1 Å². The standard InChI is InChI=1S/C9H13F3N4O/c1-15(2)3-4-16-6-7(5-13-16)14-8(17)9(10,11)12/h5-6H,3-4H2,1-2H3,(H,14,17). The molecule has 96 valence electrons. The van der Waals surface area contributed by atoms with Gasteiger partial charge in [0, 0.05) is 12.7 Å². The number of likely N-dealkylation sites (N-methyl/N-ethyl adjacent to an activating group) is 1. The first-order valence-corrected chi connectivity index (χ1v) is 4.84. The normalized spacial score (nSPS) is 11.9. The summed E-state index contributed by atoms with van der Waals surface area (Å²) in [5, 5.41) is 5.56. The van der Waals surface area contributed by atoms with E-state index in [4.69, 9.17) is 0 Å². The van der Waals surface area contributed by atoms with Gasteiger partial charge >= 0.3 is 12.1 Å². The van der Waals surface area contributed by atoms with E-state index >= 15 is 0 Å². The maximum atomic E-state index is 11.9. The lowest BCUT2D eigenvalue weighted by molar-refractivity contribution is -0.167. The molecule has 8 heteroatoms. The summed E-state index contributed by atoms with van der Waals surface area (Å²) in [6.45, 7) is 1.24. The highest BCUT2D eigenvalue weighted by Gasteiger charge is 2.38. The Hall–Kier alpha value is -1.57. The van der Waals surface area contributed by atoms with Crippen LogP contribution >= 0.6 is 0 Å². The molecule has 0 saturated heterocycles. The highest BCUT2D eigenvalue weighted by molar-refractivity contribution is 5.94. The number of alkyl halides is 3. The summed E-state index contributed by atoms with van der Waals surface area (Å²) in [4.78, 5) is 12.5. The van der Waals surface area contributed by atoms with Gasteiger partial charge in [-0.3, -0.25) is 9.48 Å². The third kappa shape index (κ3) is 4.43. The Morgan fingerprint density at radius 1 is 1.53 bits per heavy atom. The number of hydrogen-bond acceptors (Lipinski definition) is 3. The molecule has 0 aliphatic carbocycles. The number of carbonyl (C=O) groups is 1. The molecule has 1 rings (SSSR count). The SMILES string of the molecule is CN(C)CCn1cc(NC(=O)C(F)(F)F)cn1. The molecular weight excluding hydrogens is 237 g/mol. The van der Waals surface area contributed by atoms with Crippen LogP contribution in [0.15, 0.2) is 12.4 Å².